The van der Waals surface area contributed by atoms with Crippen molar-refractivity contribution in [3.8, 4) is 0 Å². The van der Waals surface area contributed by atoms with Gasteiger partial charge in [-0.25, -0.2) is 4.79 Å². The van der Waals surface area contributed by atoms with Gasteiger partial charge in [0.25, 0.3) is 0 Å². The Morgan fingerprint density at radius 2 is 1.75 bits per heavy atom. The summed E-state index contributed by atoms with van der Waals surface area (Å²) in [6.45, 7) is 11.7. The molecule has 2 spiro atoms. The van der Waals surface area contributed by atoms with Crippen LogP contribution in [0, 0.1) is 79.3 Å². The van der Waals surface area contributed by atoms with Crippen molar-refractivity contribution in [2.45, 2.75) is 148 Å². The van der Waals surface area contributed by atoms with Crippen LogP contribution in [-0.2, 0) is 28.6 Å². The van der Waals surface area contributed by atoms with E-state index in [1.165, 1.54) is 0 Å². The molecule has 1 heterocycles. The maximum absolute atomic E-state index is 14.6. The molecule has 0 amide bonds. The third kappa shape index (κ3) is 5.91. The minimum Gasteiger partial charge on any atom is -0.481 e. The number of aldehydes is 1. The van der Waals surface area contributed by atoms with Crippen LogP contribution in [0.5, 0.6) is 0 Å². The highest BCUT2D eigenvalue weighted by Gasteiger charge is 2.83. The maximum atomic E-state index is 14.6. The Balaban J connectivity index is 1.23. The third-order valence-electron chi connectivity index (χ3n) is 20.8. The van der Waals surface area contributed by atoms with Gasteiger partial charge in [-0.3, -0.25) is 4.79 Å². The second kappa shape index (κ2) is 16.2. The lowest BCUT2D eigenvalue weighted by Gasteiger charge is -2.81. The molecule has 1 aliphatic heterocycles. The number of ether oxygens (including phenoxy) is 3. The first kappa shape index (κ1) is 46.8. The number of aliphatic hydroxyl groups excluding tert-OH is 4. The predicted molar refractivity (Wildman–Crippen MR) is 234 cm³/mol. The van der Waals surface area contributed by atoms with Crippen LogP contribution < -0.4 is 10.6 Å². The summed E-state index contributed by atoms with van der Waals surface area (Å²) >= 11 is 0. The summed E-state index contributed by atoms with van der Waals surface area (Å²) in [6.07, 6.45) is 6.53. The van der Waals surface area contributed by atoms with Crippen molar-refractivity contribution in [2.75, 3.05) is 40.4 Å². The molecule has 14 nitrogen and oxygen atoms in total. The number of aliphatic carboxylic acids is 2. The second-order valence-corrected chi connectivity index (χ2v) is 23.3. The Morgan fingerprint density at radius 3 is 2.44 bits per heavy atom. The number of carboxylic acids is 2. The fraction of sp³-hybridized carbons (Fsp3) is 0.860. The molecular formula is C50H76N2O12. The highest BCUT2D eigenvalue weighted by Crippen LogP contribution is 2.86. The number of carbonyl (C=O) groups is 3. The van der Waals surface area contributed by atoms with Gasteiger partial charge in [0.05, 0.1) is 29.6 Å². The number of methoxy groups -OCH3 is 1. The standard InChI is InChI=1S/C50H76N2O12/c1-44(2)32-11-16-47-13-7-10-29-24-50(43(60)61)30(26-62-6)23-45(3)12-8-14-49(50,42(45)59)33(48(29,47)15-9-19-53)21-27-20-28(25-52-18-17-51-5)31(46(32,4)39(27)47)22-34(44)63-41-37(56)35(54)36(55)38(64-41)40(57)58/h8,14,19,21,27-32,34-39,41-42,51-52,54-56,59H,7,9-13,15-18,20,22-26H2,1-6H3,(H,57,58)(H,60,61). The summed E-state index contributed by atoms with van der Waals surface area (Å²) < 4.78 is 18.5. The van der Waals surface area contributed by atoms with E-state index in [1.54, 1.807) is 7.11 Å². The molecule has 7 fully saturated rings. The van der Waals surface area contributed by atoms with E-state index in [0.717, 1.165) is 70.0 Å². The number of carbonyl (C=O) groups excluding carboxylic acids is 1. The smallest absolute Gasteiger partial charge is 0.335 e. The zero-order chi connectivity index (χ0) is 46.0. The average Bonchev–Trinajstić information content (AvgIpc) is 3.23. The number of nitrogens with one attached hydrogen (secondary N) is 2. The number of likely N-dealkylation sites (N-methyl/N-ethyl adjacent to an activating group) is 1. The zero-order valence-electron chi connectivity index (χ0n) is 38.8. The summed E-state index contributed by atoms with van der Waals surface area (Å²) in [4.78, 5) is 39.5. The molecule has 8 aliphatic carbocycles. The van der Waals surface area contributed by atoms with Crippen LogP contribution in [0.1, 0.15) is 105 Å². The number of hydrogen-bond acceptors (Lipinski definition) is 12. The molecule has 0 aromatic heterocycles. The minimum absolute atomic E-state index is 0.0116. The van der Waals surface area contributed by atoms with Crippen molar-refractivity contribution in [3.63, 3.8) is 0 Å². The Labute approximate surface area is 378 Å². The lowest BCUT2D eigenvalue weighted by Crippen LogP contribution is -2.78. The van der Waals surface area contributed by atoms with Gasteiger partial charge >= 0.3 is 11.9 Å². The summed E-state index contributed by atoms with van der Waals surface area (Å²) in [5, 5.41) is 74.6. The van der Waals surface area contributed by atoms with Crippen LogP contribution in [0.25, 0.3) is 0 Å². The van der Waals surface area contributed by atoms with E-state index in [0.29, 0.717) is 45.1 Å². The van der Waals surface area contributed by atoms with Gasteiger partial charge in [-0.2, -0.15) is 0 Å². The van der Waals surface area contributed by atoms with Gasteiger partial charge in [0.1, 0.15) is 24.6 Å². The first-order valence-electron chi connectivity index (χ1n) is 24.5. The van der Waals surface area contributed by atoms with Gasteiger partial charge in [0, 0.05) is 38.0 Å². The van der Waals surface area contributed by atoms with E-state index in [1.807, 2.05) is 7.05 Å². The largest absolute Gasteiger partial charge is 0.481 e. The molecule has 0 aromatic rings. The number of aliphatic hydroxyl groups is 4. The van der Waals surface area contributed by atoms with E-state index in [9.17, 15) is 45.0 Å². The van der Waals surface area contributed by atoms with Crippen molar-refractivity contribution in [1.29, 1.82) is 0 Å². The molecule has 20 atom stereocenters. The topological polar surface area (TPSA) is 224 Å². The fourth-order valence-corrected chi connectivity index (χ4v) is 18.8. The van der Waals surface area contributed by atoms with E-state index >= 15 is 0 Å². The van der Waals surface area contributed by atoms with Gasteiger partial charge in [0.2, 0.25) is 0 Å². The molecule has 2 bridgehead atoms. The monoisotopic (exact) mass is 897 g/mol. The van der Waals surface area contributed by atoms with Crippen molar-refractivity contribution < 1.29 is 59.2 Å². The number of fused-ring (bicyclic) bond motifs is 1. The van der Waals surface area contributed by atoms with Crippen LogP contribution in [0.15, 0.2) is 23.8 Å². The Kier molecular flexibility index (Phi) is 11.8. The lowest BCUT2D eigenvalue weighted by atomic mass is 9.22. The molecule has 0 radical (unpaired) electrons. The molecule has 9 aliphatic rings. The molecule has 1 saturated heterocycles. The number of allylic oxidation sites excluding steroid dienone is 2. The van der Waals surface area contributed by atoms with Crippen LogP contribution >= 0.6 is 0 Å². The second-order valence-electron chi connectivity index (χ2n) is 23.3. The number of carboxylic acid groups (broad SMARTS) is 2. The number of hydrogen-bond donors (Lipinski definition) is 8. The van der Waals surface area contributed by atoms with E-state index in [2.05, 4.69) is 56.6 Å². The highest BCUT2D eigenvalue weighted by molar-refractivity contribution is 5.80. The van der Waals surface area contributed by atoms with Crippen molar-refractivity contribution in [3.05, 3.63) is 23.8 Å². The first-order valence-corrected chi connectivity index (χ1v) is 24.5. The Morgan fingerprint density at radius 1 is 0.984 bits per heavy atom. The summed E-state index contributed by atoms with van der Waals surface area (Å²) in [7, 11) is 3.59. The van der Waals surface area contributed by atoms with Crippen LogP contribution in [-0.4, -0.2) is 132 Å². The van der Waals surface area contributed by atoms with E-state index in [4.69, 9.17) is 14.2 Å². The molecule has 20 unspecified atom stereocenters. The molecule has 64 heavy (non-hydrogen) atoms. The molecule has 14 heteroatoms. The van der Waals surface area contributed by atoms with Gasteiger partial charge in [0.15, 0.2) is 12.4 Å². The van der Waals surface area contributed by atoms with Gasteiger partial charge in [-0.05, 0) is 135 Å². The van der Waals surface area contributed by atoms with Gasteiger partial charge in [-0.15, -0.1) is 0 Å². The maximum Gasteiger partial charge on any atom is 0.335 e. The van der Waals surface area contributed by atoms with Gasteiger partial charge in [-0.1, -0.05) is 57.9 Å². The summed E-state index contributed by atoms with van der Waals surface area (Å²) in [5.41, 5.74) is -3.53. The zero-order valence-corrected chi connectivity index (χ0v) is 38.8. The molecule has 0 aromatic carbocycles. The molecule has 9 rings (SSSR count). The molecule has 6 saturated carbocycles. The first-order chi connectivity index (χ1) is 30.3. The third-order valence-corrected chi connectivity index (χ3v) is 20.8. The van der Waals surface area contributed by atoms with Gasteiger partial charge < -0.3 is 60.3 Å². The highest BCUT2D eigenvalue weighted by atomic mass is 16.7. The summed E-state index contributed by atoms with van der Waals surface area (Å²) in [5.74, 6) is -2.01. The lowest BCUT2D eigenvalue weighted by molar-refractivity contribution is -0.341. The van der Waals surface area contributed by atoms with Crippen LogP contribution in [0.4, 0.5) is 0 Å². The molecular weight excluding hydrogens is 821 g/mol. The summed E-state index contributed by atoms with van der Waals surface area (Å²) in [6, 6.07) is 0. The van der Waals surface area contributed by atoms with E-state index in [-0.39, 0.29) is 52.3 Å². The van der Waals surface area contributed by atoms with Crippen LogP contribution in [0.2, 0.25) is 0 Å². The van der Waals surface area contributed by atoms with E-state index < -0.39 is 81.9 Å². The average molecular weight is 897 g/mol. The van der Waals surface area contributed by atoms with Crippen molar-refractivity contribution in [1.82, 2.24) is 10.6 Å². The number of rotatable bonds is 14. The SMILES string of the molecule is CNCCNCC1CC2C=C3C45C=CCC(C)(CC(COC)C4(C(=O)O)CC4CCCC6(CCC7C(C)(C)C(OC8OC(C(=O)O)C(O)C(O)C8O)CC1C7(C)C26)C34CCC=O)C5O. The normalized spacial score (nSPS) is 51.8. The Hall–Kier alpha value is -2.27. The molecule has 8 N–H and O–H groups in total. The molecule has 358 valence electrons. The fourth-order valence-electron chi connectivity index (χ4n) is 18.8. The minimum atomic E-state index is -1.82. The van der Waals surface area contributed by atoms with Crippen molar-refractivity contribution in [2.24, 2.45) is 79.3 Å². The Bertz CT molecular complexity index is 1910. The van der Waals surface area contributed by atoms with Crippen molar-refractivity contribution >= 4 is 18.2 Å². The predicted octanol–water partition coefficient (Wildman–Crippen LogP) is 3.93. The van der Waals surface area contributed by atoms with Crippen LogP contribution in [0.3, 0.4) is 0 Å². The quantitative estimate of drug-likeness (QED) is 0.0536.